The third-order valence-electron chi connectivity index (χ3n) is 5.14. The number of aryl methyl sites for hydroxylation is 1. The van der Waals surface area contributed by atoms with Gasteiger partial charge in [0.1, 0.15) is 5.82 Å². The predicted octanol–water partition coefficient (Wildman–Crippen LogP) is 3.79. The first kappa shape index (κ1) is 21.8. The second-order valence-electron chi connectivity index (χ2n) is 7.73. The molecule has 0 radical (unpaired) electrons. The van der Waals surface area contributed by atoms with Crippen molar-refractivity contribution >= 4 is 15.7 Å². The van der Waals surface area contributed by atoms with Gasteiger partial charge in [0.25, 0.3) is 5.56 Å². The number of anilines is 1. The fourth-order valence-electron chi connectivity index (χ4n) is 3.21. The van der Waals surface area contributed by atoms with Gasteiger partial charge < -0.3 is 0 Å². The molecule has 0 unspecified atom stereocenters. The fourth-order valence-corrected chi connectivity index (χ4v) is 4.62. The average molecular weight is 454 g/mol. The van der Waals surface area contributed by atoms with Gasteiger partial charge in [-0.2, -0.15) is 0 Å². The zero-order valence-electron chi connectivity index (χ0n) is 17.2. The molecule has 0 spiro atoms. The van der Waals surface area contributed by atoms with E-state index in [9.17, 15) is 17.6 Å². The van der Waals surface area contributed by atoms with Crippen molar-refractivity contribution in [2.45, 2.75) is 31.4 Å². The van der Waals surface area contributed by atoms with Crippen LogP contribution in [0.25, 0.3) is 0 Å². The fraction of sp³-hybridized carbons (Fsp3) is 0.208. The quantitative estimate of drug-likeness (QED) is 0.597. The molecule has 1 aromatic heterocycles. The maximum absolute atomic E-state index is 15.2. The normalized spacial score (nSPS) is 13.3. The highest BCUT2D eigenvalue weighted by atomic mass is 32.2. The molecule has 1 saturated carbocycles. The average Bonchev–Trinajstić information content (AvgIpc) is 3.60. The first-order valence-electron chi connectivity index (χ1n) is 10.0. The number of nitrogens with zero attached hydrogens (tertiary/aromatic N) is 1. The molecule has 8 heteroatoms. The Morgan fingerprint density at radius 2 is 1.84 bits per heavy atom. The number of aromatic nitrogens is 1. The summed E-state index contributed by atoms with van der Waals surface area (Å²) >= 11 is 0. The van der Waals surface area contributed by atoms with Gasteiger partial charge in [0, 0.05) is 29.8 Å². The Kier molecular flexibility index (Phi) is 5.85. The SMILES string of the molecule is Cc1ccc(Cc2c(NS(=O)(=O)C3CC3)cn(C#Cc3ccccc3)c(=O)c2F)c(F)c1. The molecule has 1 N–H and O–H groups in total. The van der Waals surface area contributed by atoms with Crippen molar-refractivity contribution in [2.24, 2.45) is 0 Å². The van der Waals surface area contributed by atoms with E-state index in [-0.39, 0.29) is 23.2 Å². The van der Waals surface area contributed by atoms with E-state index in [1.54, 1.807) is 43.3 Å². The van der Waals surface area contributed by atoms with Gasteiger partial charge in [0.15, 0.2) is 5.82 Å². The van der Waals surface area contributed by atoms with Gasteiger partial charge >= 0.3 is 0 Å². The van der Waals surface area contributed by atoms with Gasteiger partial charge in [-0.1, -0.05) is 30.3 Å². The van der Waals surface area contributed by atoms with E-state index in [1.807, 2.05) is 0 Å². The maximum atomic E-state index is 15.2. The smallest absolute Gasteiger partial charge is 0.281 e. The van der Waals surface area contributed by atoms with Crippen molar-refractivity contribution in [3.8, 4) is 12.0 Å². The van der Waals surface area contributed by atoms with Gasteiger partial charge in [-0.3, -0.25) is 9.52 Å². The molecule has 0 atom stereocenters. The Hall–Kier alpha value is -3.44. The van der Waals surface area contributed by atoms with Crippen LogP contribution in [-0.4, -0.2) is 18.2 Å². The molecule has 1 aliphatic rings. The molecular formula is C24H20F2N2O3S. The van der Waals surface area contributed by atoms with E-state index in [0.717, 1.165) is 10.8 Å². The summed E-state index contributed by atoms with van der Waals surface area (Å²) < 4.78 is 57.8. The summed E-state index contributed by atoms with van der Waals surface area (Å²) in [7, 11) is -3.76. The second kappa shape index (κ2) is 8.60. The zero-order chi connectivity index (χ0) is 22.9. The van der Waals surface area contributed by atoms with Gasteiger partial charge in [-0.25, -0.2) is 21.8 Å². The van der Waals surface area contributed by atoms with E-state index in [4.69, 9.17) is 0 Å². The van der Waals surface area contributed by atoms with Crippen LogP contribution in [0, 0.1) is 30.5 Å². The van der Waals surface area contributed by atoms with Crippen molar-refractivity contribution < 1.29 is 17.2 Å². The molecule has 5 nitrogen and oxygen atoms in total. The van der Waals surface area contributed by atoms with Gasteiger partial charge in [-0.15, -0.1) is 0 Å². The monoisotopic (exact) mass is 454 g/mol. The molecule has 1 fully saturated rings. The maximum Gasteiger partial charge on any atom is 0.298 e. The number of pyridine rings is 1. The molecule has 164 valence electrons. The van der Waals surface area contributed by atoms with Crippen molar-refractivity contribution in [1.82, 2.24) is 4.57 Å². The predicted molar refractivity (Wildman–Crippen MR) is 119 cm³/mol. The highest BCUT2D eigenvalue weighted by Crippen LogP contribution is 2.31. The van der Waals surface area contributed by atoms with Crippen molar-refractivity contribution in [3.05, 3.63) is 99.0 Å². The Labute approximate surface area is 184 Å². The molecule has 1 aliphatic carbocycles. The molecule has 3 aromatic rings. The van der Waals surface area contributed by atoms with Crippen molar-refractivity contribution in [2.75, 3.05) is 4.72 Å². The van der Waals surface area contributed by atoms with Crippen LogP contribution in [0.4, 0.5) is 14.5 Å². The highest BCUT2D eigenvalue weighted by molar-refractivity contribution is 7.93. The van der Waals surface area contributed by atoms with Crippen LogP contribution in [0.2, 0.25) is 0 Å². The van der Waals surface area contributed by atoms with Gasteiger partial charge in [0.2, 0.25) is 10.0 Å². The Balaban J connectivity index is 1.81. The van der Waals surface area contributed by atoms with Crippen LogP contribution in [0.5, 0.6) is 0 Å². The number of hydrogen-bond acceptors (Lipinski definition) is 3. The largest absolute Gasteiger partial charge is 0.298 e. The number of sulfonamides is 1. The summed E-state index contributed by atoms with van der Waals surface area (Å²) in [6.07, 6.45) is 1.88. The molecular weight excluding hydrogens is 434 g/mol. The Morgan fingerprint density at radius 3 is 2.50 bits per heavy atom. The Bertz CT molecular complexity index is 1400. The number of halogens is 2. The zero-order valence-corrected chi connectivity index (χ0v) is 18.0. The minimum absolute atomic E-state index is 0.128. The van der Waals surface area contributed by atoms with Crippen molar-refractivity contribution in [3.63, 3.8) is 0 Å². The summed E-state index contributed by atoms with van der Waals surface area (Å²) in [5, 5.41) is -0.565. The van der Waals surface area contributed by atoms with Crippen LogP contribution in [0.1, 0.15) is 35.1 Å². The standard InChI is InChI=1S/C24H20F2N2O3S/c1-16-7-8-18(21(25)13-16)14-20-22(27-32(30,31)19-9-10-19)15-28(24(29)23(20)26)12-11-17-5-3-2-4-6-17/h2-8,13,15,19,27H,9-10,14H2,1H3. The Morgan fingerprint density at radius 1 is 1.12 bits per heavy atom. The number of benzene rings is 2. The summed E-state index contributed by atoms with van der Waals surface area (Å²) in [5.41, 5.74) is 0.0500. The lowest BCUT2D eigenvalue weighted by molar-refractivity contribution is 0.581. The number of rotatable bonds is 5. The molecule has 4 rings (SSSR count). The first-order valence-corrected chi connectivity index (χ1v) is 11.6. The lowest BCUT2D eigenvalue weighted by atomic mass is 10.0. The summed E-state index contributed by atoms with van der Waals surface area (Å²) in [6, 6.07) is 15.8. The highest BCUT2D eigenvalue weighted by Gasteiger charge is 2.36. The molecule has 2 aromatic carbocycles. The minimum atomic E-state index is -3.76. The summed E-state index contributed by atoms with van der Waals surface area (Å²) in [6.45, 7) is 1.72. The lowest BCUT2D eigenvalue weighted by Gasteiger charge is -2.15. The van der Waals surface area contributed by atoms with Crippen molar-refractivity contribution in [1.29, 1.82) is 0 Å². The summed E-state index contributed by atoms with van der Waals surface area (Å²) in [4.78, 5) is 12.6. The second-order valence-corrected chi connectivity index (χ2v) is 9.69. The molecule has 32 heavy (non-hydrogen) atoms. The molecule has 1 heterocycles. The van der Waals surface area contributed by atoms with Crippen LogP contribution in [-0.2, 0) is 16.4 Å². The summed E-state index contributed by atoms with van der Waals surface area (Å²) in [5.74, 6) is 1.01. The van der Waals surface area contributed by atoms with Crippen LogP contribution >= 0.6 is 0 Å². The van der Waals surface area contributed by atoms with Crippen LogP contribution < -0.4 is 10.3 Å². The van der Waals surface area contributed by atoms with E-state index < -0.39 is 32.5 Å². The molecule has 0 bridgehead atoms. The van der Waals surface area contributed by atoms with Crippen LogP contribution in [0.15, 0.2) is 59.5 Å². The van der Waals surface area contributed by atoms with E-state index in [1.165, 1.54) is 12.1 Å². The van der Waals surface area contributed by atoms with Gasteiger partial charge in [0.05, 0.1) is 10.9 Å². The third kappa shape index (κ3) is 4.73. The van der Waals surface area contributed by atoms with E-state index in [2.05, 4.69) is 16.7 Å². The topological polar surface area (TPSA) is 68.2 Å². The number of hydrogen-bond donors (Lipinski definition) is 1. The molecule has 0 saturated heterocycles. The number of nitrogens with one attached hydrogen (secondary N) is 1. The third-order valence-corrected chi connectivity index (χ3v) is 6.99. The lowest BCUT2D eigenvalue weighted by Crippen LogP contribution is -2.26. The van der Waals surface area contributed by atoms with Gasteiger partial charge in [-0.05, 0) is 55.0 Å². The van der Waals surface area contributed by atoms with E-state index in [0.29, 0.717) is 24.0 Å². The minimum Gasteiger partial charge on any atom is -0.281 e. The first-order chi connectivity index (χ1) is 15.2. The van der Waals surface area contributed by atoms with E-state index >= 15 is 4.39 Å². The molecule has 0 amide bonds. The van der Waals surface area contributed by atoms with Crippen LogP contribution in [0.3, 0.4) is 0 Å². The molecule has 0 aliphatic heterocycles.